The predicted octanol–water partition coefficient (Wildman–Crippen LogP) is 4.07. The van der Waals surface area contributed by atoms with Crippen LogP contribution in [-0.4, -0.2) is 5.78 Å². The summed E-state index contributed by atoms with van der Waals surface area (Å²) in [5.41, 5.74) is 0. The van der Waals surface area contributed by atoms with Crippen LogP contribution in [0, 0.1) is 17.8 Å². The van der Waals surface area contributed by atoms with Gasteiger partial charge in [0.05, 0.1) is 6.26 Å². The van der Waals surface area contributed by atoms with E-state index < -0.39 is 0 Å². The summed E-state index contributed by atoms with van der Waals surface area (Å²) in [7, 11) is 0. The van der Waals surface area contributed by atoms with Crippen molar-refractivity contribution in [2.75, 3.05) is 0 Å². The summed E-state index contributed by atoms with van der Waals surface area (Å²) in [5.74, 6) is 2.73. The van der Waals surface area contributed by atoms with Gasteiger partial charge in [0.2, 0.25) is 5.78 Å². The van der Waals surface area contributed by atoms with E-state index in [-0.39, 0.29) is 11.7 Å². The molecule has 0 radical (unpaired) electrons. The largest absolute Gasteiger partial charge is 0.461 e. The van der Waals surface area contributed by atoms with Crippen LogP contribution < -0.4 is 0 Å². The van der Waals surface area contributed by atoms with Crippen LogP contribution in [0.1, 0.15) is 55.5 Å². The SMILES string of the molecule is O=C(c1ccco1)C1CCC2CCCCC2C1. The zero-order valence-corrected chi connectivity index (χ0v) is 10.2. The Morgan fingerprint density at radius 2 is 1.94 bits per heavy atom. The molecule has 2 aliphatic carbocycles. The van der Waals surface area contributed by atoms with Crippen LogP contribution in [0.5, 0.6) is 0 Å². The third kappa shape index (κ3) is 2.18. The molecule has 0 aromatic carbocycles. The van der Waals surface area contributed by atoms with Gasteiger partial charge in [-0.1, -0.05) is 25.7 Å². The smallest absolute Gasteiger partial charge is 0.201 e. The van der Waals surface area contributed by atoms with Gasteiger partial charge in [-0.05, 0) is 43.2 Å². The van der Waals surface area contributed by atoms with Crippen molar-refractivity contribution < 1.29 is 9.21 Å². The maximum atomic E-state index is 12.2. The predicted molar refractivity (Wildman–Crippen MR) is 65.8 cm³/mol. The fourth-order valence-corrected chi connectivity index (χ4v) is 3.73. The fourth-order valence-electron chi connectivity index (χ4n) is 3.73. The minimum Gasteiger partial charge on any atom is -0.461 e. The Hall–Kier alpha value is -1.05. The minimum absolute atomic E-state index is 0.223. The van der Waals surface area contributed by atoms with Gasteiger partial charge in [0.1, 0.15) is 0 Å². The molecule has 2 aliphatic rings. The van der Waals surface area contributed by atoms with Crippen molar-refractivity contribution >= 4 is 5.78 Å². The second kappa shape index (κ2) is 4.67. The number of hydrogen-bond donors (Lipinski definition) is 0. The molecule has 3 atom stereocenters. The zero-order valence-electron chi connectivity index (χ0n) is 10.2. The zero-order chi connectivity index (χ0) is 11.7. The molecule has 2 nitrogen and oxygen atoms in total. The van der Waals surface area contributed by atoms with E-state index in [1.54, 1.807) is 18.4 Å². The Labute approximate surface area is 102 Å². The summed E-state index contributed by atoms with van der Waals surface area (Å²) >= 11 is 0. The Bertz CT molecular complexity index is 380. The lowest BCUT2D eigenvalue weighted by Gasteiger charge is -2.38. The highest BCUT2D eigenvalue weighted by atomic mass is 16.3. The first kappa shape index (κ1) is 11.1. The Morgan fingerprint density at radius 1 is 1.12 bits per heavy atom. The van der Waals surface area contributed by atoms with Gasteiger partial charge in [0, 0.05) is 5.92 Å². The maximum absolute atomic E-state index is 12.2. The third-order valence-corrected chi connectivity index (χ3v) is 4.67. The molecule has 0 bridgehead atoms. The van der Waals surface area contributed by atoms with Crippen molar-refractivity contribution in [2.24, 2.45) is 17.8 Å². The summed E-state index contributed by atoms with van der Waals surface area (Å²) in [6.45, 7) is 0. The minimum atomic E-state index is 0.223. The molecule has 1 aromatic rings. The van der Waals surface area contributed by atoms with Crippen LogP contribution >= 0.6 is 0 Å². The van der Waals surface area contributed by atoms with E-state index in [4.69, 9.17) is 4.42 Å². The van der Waals surface area contributed by atoms with Crippen LogP contribution in [0.2, 0.25) is 0 Å². The van der Waals surface area contributed by atoms with Gasteiger partial charge in [0.15, 0.2) is 5.76 Å². The first-order valence-electron chi connectivity index (χ1n) is 6.92. The lowest BCUT2D eigenvalue weighted by molar-refractivity contribution is 0.0736. The molecule has 0 amide bonds. The molecule has 1 heterocycles. The summed E-state index contributed by atoms with van der Waals surface area (Å²) in [5, 5.41) is 0. The summed E-state index contributed by atoms with van der Waals surface area (Å²) in [4.78, 5) is 12.2. The molecule has 2 heteroatoms. The first-order valence-corrected chi connectivity index (χ1v) is 6.92. The monoisotopic (exact) mass is 232 g/mol. The van der Waals surface area contributed by atoms with Crippen LogP contribution in [0.15, 0.2) is 22.8 Å². The molecule has 2 saturated carbocycles. The van der Waals surface area contributed by atoms with Gasteiger partial charge in [-0.3, -0.25) is 4.79 Å². The van der Waals surface area contributed by atoms with E-state index in [9.17, 15) is 4.79 Å². The van der Waals surface area contributed by atoms with Crippen LogP contribution in [0.25, 0.3) is 0 Å². The van der Waals surface area contributed by atoms with E-state index in [2.05, 4.69) is 0 Å². The summed E-state index contributed by atoms with van der Waals surface area (Å²) in [6.07, 6.45) is 10.5. The number of ketones is 1. The van der Waals surface area contributed by atoms with E-state index in [0.29, 0.717) is 5.76 Å². The van der Waals surface area contributed by atoms with E-state index >= 15 is 0 Å². The third-order valence-electron chi connectivity index (χ3n) is 4.67. The van der Waals surface area contributed by atoms with Crippen molar-refractivity contribution in [3.8, 4) is 0 Å². The second-order valence-corrected chi connectivity index (χ2v) is 5.66. The number of carbonyl (C=O) groups excluding carboxylic acids is 1. The molecule has 0 aliphatic heterocycles. The van der Waals surface area contributed by atoms with Gasteiger partial charge in [0.25, 0.3) is 0 Å². The number of carbonyl (C=O) groups is 1. The number of rotatable bonds is 2. The lowest BCUT2D eigenvalue weighted by Crippen LogP contribution is -2.31. The van der Waals surface area contributed by atoms with Gasteiger partial charge < -0.3 is 4.42 Å². The normalized spacial score (nSPS) is 33.1. The standard InChI is InChI=1S/C15H20O2/c16-15(14-6-3-9-17-14)13-8-7-11-4-1-2-5-12(11)10-13/h3,6,9,11-13H,1-2,4-5,7-8,10H2. The molecule has 1 aromatic heterocycles. The second-order valence-electron chi connectivity index (χ2n) is 5.66. The molecule has 0 saturated heterocycles. The molecule has 0 spiro atoms. The van der Waals surface area contributed by atoms with Crippen molar-refractivity contribution in [3.63, 3.8) is 0 Å². The fraction of sp³-hybridized carbons (Fsp3) is 0.667. The Morgan fingerprint density at radius 3 is 2.71 bits per heavy atom. The molecule has 0 N–H and O–H groups in total. The quantitative estimate of drug-likeness (QED) is 0.719. The van der Waals surface area contributed by atoms with E-state index in [1.807, 2.05) is 0 Å². The highest BCUT2D eigenvalue weighted by Gasteiger charge is 2.35. The Kier molecular flexibility index (Phi) is 3.04. The highest BCUT2D eigenvalue weighted by Crippen LogP contribution is 2.43. The number of furan rings is 1. The topological polar surface area (TPSA) is 30.2 Å². The lowest BCUT2D eigenvalue weighted by atomic mass is 9.66. The molecule has 3 rings (SSSR count). The average molecular weight is 232 g/mol. The summed E-state index contributed by atoms with van der Waals surface area (Å²) < 4.78 is 5.24. The molecular formula is C15H20O2. The van der Waals surface area contributed by atoms with Crippen molar-refractivity contribution in [1.82, 2.24) is 0 Å². The number of fused-ring (bicyclic) bond motifs is 1. The average Bonchev–Trinajstić information content (AvgIpc) is 2.91. The van der Waals surface area contributed by atoms with Gasteiger partial charge in [-0.15, -0.1) is 0 Å². The van der Waals surface area contributed by atoms with Crippen LogP contribution in [0.4, 0.5) is 0 Å². The number of hydrogen-bond acceptors (Lipinski definition) is 2. The summed E-state index contributed by atoms with van der Waals surface area (Å²) in [6, 6.07) is 3.61. The van der Waals surface area contributed by atoms with Gasteiger partial charge in [-0.25, -0.2) is 0 Å². The van der Waals surface area contributed by atoms with Gasteiger partial charge >= 0.3 is 0 Å². The van der Waals surface area contributed by atoms with E-state index in [0.717, 1.165) is 24.7 Å². The van der Waals surface area contributed by atoms with E-state index in [1.165, 1.54) is 32.1 Å². The van der Waals surface area contributed by atoms with Crippen molar-refractivity contribution in [2.45, 2.75) is 44.9 Å². The highest BCUT2D eigenvalue weighted by molar-refractivity contribution is 5.95. The van der Waals surface area contributed by atoms with Crippen molar-refractivity contribution in [1.29, 1.82) is 0 Å². The maximum Gasteiger partial charge on any atom is 0.201 e. The molecule has 2 fully saturated rings. The molecule has 17 heavy (non-hydrogen) atoms. The molecular weight excluding hydrogens is 212 g/mol. The van der Waals surface area contributed by atoms with Crippen molar-refractivity contribution in [3.05, 3.63) is 24.2 Å². The number of Topliss-reactive ketones (excluding diaryl/α,β-unsaturated/α-hetero) is 1. The van der Waals surface area contributed by atoms with Gasteiger partial charge in [-0.2, -0.15) is 0 Å². The molecule has 92 valence electrons. The first-order chi connectivity index (χ1) is 8.34. The molecule has 3 unspecified atom stereocenters. The van der Waals surface area contributed by atoms with Crippen LogP contribution in [-0.2, 0) is 0 Å². The van der Waals surface area contributed by atoms with Crippen LogP contribution in [0.3, 0.4) is 0 Å². The Balaban J connectivity index is 1.67.